The van der Waals surface area contributed by atoms with Crippen LogP contribution in [0.4, 0.5) is 0 Å². The number of ether oxygens (including phenoxy) is 2. The molecular formula is C21H37IN4O2. The van der Waals surface area contributed by atoms with Crippen LogP contribution in [-0.4, -0.2) is 63.3 Å². The van der Waals surface area contributed by atoms with Gasteiger partial charge in [-0.15, -0.1) is 24.0 Å². The van der Waals surface area contributed by atoms with Gasteiger partial charge in [0.1, 0.15) is 6.10 Å². The average molecular weight is 504 g/mol. The molecule has 0 amide bonds. The highest BCUT2D eigenvalue weighted by Gasteiger charge is 2.18. The number of para-hydroxylation sites is 2. The molecule has 1 saturated heterocycles. The number of guanidine groups is 1. The Morgan fingerprint density at radius 1 is 1.25 bits per heavy atom. The van der Waals surface area contributed by atoms with Gasteiger partial charge in [-0.05, 0) is 57.8 Å². The smallest absolute Gasteiger partial charge is 0.191 e. The number of benzene rings is 1. The van der Waals surface area contributed by atoms with E-state index in [1.807, 2.05) is 31.2 Å². The van der Waals surface area contributed by atoms with Crippen molar-refractivity contribution in [2.75, 3.05) is 46.4 Å². The molecule has 7 heteroatoms. The third kappa shape index (κ3) is 8.43. The molecule has 2 atom stereocenters. The number of nitrogens with one attached hydrogen (secondary N) is 2. The van der Waals surface area contributed by atoms with Gasteiger partial charge in [0.05, 0.1) is 13.7 Å². The number of rotatable bonds is 9. The molecule has 1 fully saturated rings. The van der Waals surface area contributed by atoms with Crippen LogP contribution in [0.2, 0.25) is 0 Å². The predicted molar refractivity (Wildman–Crippen MR) is 127 cm³/mol. The number of halogens is 1. The number of likely N-dealkylation sites (tertiary alicyclic amines) is 1. The Morgan fingerprint density at radius 2 is 2.00 bits per heavy atom. The first kappa shape index (κ1) is 24.8. The van der Waals surface area contributed by atoms with Gasteiger partial charge in [0.15, 0.2) is 17.5 Å². The Hall–Kier alpha value is -1.22. The van der Waals surface area contributed by atoms with Crippen molar-refractivity contribution in [3.05, 3.63) is 24.3 Å². The van der Waals surface area contributed by atoms with Gasteiger partial charge in [-0.3, -0.25) is 0 Å². The van der Waals surface area contributed by atoms with Crippen molar-refractivity contribution in [2.24, 2.45) is 10.9 Å². The molecule has 1 aromatic rings. The quantitative estimate of drug-likeness (QED) is 0.307. The molecule has 28 heavy (non-hydrogen) atoms. The Kier molecular flexibility index (Phi) is 12.3. The third-order valence-corrected chi connectivity index (χ3v) is 4.86. The van der Waals surface area contributed by atoms with Crippen molar-refractivity contribution in [3.63, 3.8) is 0 Å². The zero-order chi connectivity index (χ0) is 19.5. The van der Waals surface area contributed by atoms with E-state index in [9.17, 15) is 0 Å². The van der Waals surface area contributed by atoms with Gasteiger partial charge in [-0.1, -0.05) is 19.1 Å². The number of hydrogen-bond acceptors (Lipinski definition) is 4. The van der Waals surface area contributed by atoms with E-state index in [0.717, 1.165) is 37.1 Å². The van der Waals surface area contributed by atoms with Crippen LogP contribution in [0, 0.1) is 5.92 Å². The first-order valence-corrected chi connectivity index (χ1v) is 10.2. The van der Waals surface area contributed by atoms with Crippen LogP contribution in [0.1, 0.15) is 33.6 Å². The van der Waals surface area contributed by atoms with E-state index in [2.05, 4.69) is 29.4 Å². The van der Waals surface area contributed by atoms with Crippen LogP contribution in [0.25, 0.3) is 0 Å². The minimum atomic E-state index is -0.0398. The fraction of sp³-hybridized carbons (Fsp3) is 0.667. The Labute approximate surface area is 187 Å². The van der Waals surface area contributed by atoms with Gasteiger partial charge in [0.25, 0.3) is 0 Å². The summed E-state index contributed by atoms with van der Waals surface area (Å²) in [4.78, 5) is 7.23. The monoisotopic (exact) mass is 504 g/mol. The highest BCUT2D eigenvalue weighted by Crippen LogP contribution is 2.26. The normalized spacial score (nSPS) is 18.7. The molecule has 1 aromatic carbocycles. The molecule has 0 aromatic heterocycles. The van der Waals surface area contributed by atoms with Gasteiger partial charge < -0.3 is 25.0 Å². The fourth-order valence-corrected chi connectivity index (χ4v) is 3.38. The predicted octanol–water partition coefficient (Wildman–Crippen LogP) is 3.37. The second kappa shape index (κ2) is 13.9. The minimum Gasteiger partial charge on any atom is -0.493 e. The lowest BCUT2D eigenvalue weighted by atomic mass is 9.98. The van der Waals surface area contributed by atoms with E-state index in [1.54, 1.807) is 7.11 Å². The van der Waals surface area contributed by atoms with Crippen LogP contribution in [0.15, 0.2) is 29.3 Å². The average Bonchev–Trinajstić information content (AvgIpc) is 2.70. The number of nitrogens with zero attached hydrogens (tertiary/aromatic N) is 2. The number of aliphatic imine (C=N–C) groups is 1. The first-order valence-electron chi connectivity index (χ1n) is 10.2. The molecule has 160 valence electrons. The van der Waals surface area contributed by atoms with Crippen LogP contribution in [-0.2, 0) is 0 Å². The summed E-state index contributed by atoms with van der Waals surface area (Å²) in [5.41, 5.74) is 0. The molecule has 1 heterocycles. The van der Waals surface area contributed by atoms with E-state index >= 15 is 0 Å². The molecule has 1 aliphatic rings. The SMILES string of the molecule is CCNC(=NCC(C)Oc1ccccc1OC)NCC1CCCN(CC)C1.I. The summed E-state index contributed by atoms with van der Waals surface area (Å²) in [6.07, 6.45) is 2.54. The minimum absolute atomic E-state index is 0. The lowest BCUT2D eigenvalue weighted by Gasteiger charge is -2.32. The topological polar surface area (TPSA) is 58.1 Å². The Balaban J connectivity index is 0.00000392. The van der Waals surface area contributed by atoms with Crippen molar-refractivity contribution in [2.45, 2.75) is 39.7 Å². The van der Waals surface area contributed by atoms with E-state index in [4.69, 9.17) is 14.5 Å². The van der Waals surface area contributed by atoms with Crippen LogP contribution in [0.5, 0.6) is 11.5 Å². The maximum Gasteiger partial charge on any atom is 0.191 e. The third-order valence-electron chi connectivity index (χ3n) is 4.86. The van der Waals surface area contributed by atoms with Crippen LogP contribution < -0.4 is 20.1 Å². The van der Waals surface area contributed by atoms with E-state index in [1.165, 1.54) is 25.9 Å². The number of piperidine rings is 1. The van der Waals surface area contributed by atoms with Crippen LogP contribution >= 0.6 is 24.0 Å². The van der Waals surface area contributed by atoms with E-state index in [-0.39, 0.29) is 30.1 Å². The highest BCUT2D eigenvalue weighted by atomic mass is 127. The molecule has 0 radical (unpaired) electrons. The van der Waals surface area contributed by atoms with Gasteiger partial charge in [-0.25, -0.2) is 4.99 Å². The lowest BCUT2D eigenvalue weighted by Crippen LogP contribution is -2.44. The van der Waals surface area contributed by atoms with Crippen molar-refractivity contribution < 1.29 is 9.47 Å². The van der Waals surface area contributed by atoms with Gasteiger partial charge in [0.2, 0.25) is 0 Å². The van der Waals surface area contributed by atoms with Crippen molar-refractivity contribution >= 4 is 29.9 Å². The van der Waals surface area contributed by atoms with Gasteiger partial charge in [-0.2, -0.15) is 0 Å². The van der Waals surface area contributed by atoms with Gasteiger partial charge in [0, 0.05) is 19.6 Å². The fourth-order valence-electron chi connectivity index (χ4n) is 3.38. The zero-order valence-electron chi connectivity index (χ0n) is 17.7. The number of hydrogen-bond donors (Lipinski definition) is 2. The van der Waals surface area contributed by atoms with E-state index in [0.29, 0.717) is 12.5 Å². The summed E-state index contributed by atoms with van der Waals surface area (Å²) < 4.78 is 11.3. The van der Waals surface area contributed by atoms with Gasteiger partial charge >= 0.3 is 0 Å². The van der Waals surface area contributed by atoms with Crippen molar-refractivity contribution in [1.82, 2.24) is 15.5 Å². The maximum atomic E-state index is 5.99. The molecule has 2 unspecified atom stereocenters. The summed E-state index contributed by atoms with van der Waals surface area (Å²) >= 11 is 0. The largest absolute Gasteiger partial charge is 0.493 e. The van der Waals surface area contributed by atoms with Crippen LogP contribution in [0.3, 0.4) is 0 Å². The van der Waals surface area contributed by atoms with E-state index < -0.39 is 0 Å². The molecule has 0 bridgehead atoms. The zero-order valence-corrected chi connectivity index (χ0v) is 20.1. The lowest BCUT2D eigenvalue weighted by molar-refractivity contribution is 0.183. The molecule has 2 N–H and O–H groups in total. The first-order chi connectivity index (χ1) is 13.2. The molecule has 2 rings (SSSR count). The Bertz CT molecular complexity index is 585. The molecule has 6 nitrogen and oxygen atoms in total. The molecule has 1 aliphatic heterocycles. The second-order valence-corrected chi connectivity index (χ2v) is 7.08. The molecule has 0 saturated carbocycles. The van der Waals surface area contributed by atoms with Crippen molar-refractivity contribution in [3.8, 4) is 11.5 Å². The summed E-state index contributed by atoms with van der Waals surface area (Å²) in [6.45, 7) is 12.3. The molecule has 0 spiro atoms. The molecular weight excluding hydrogens is 467 g/mol. The highest BCUT2D eigenvalue weighted by molar-refractivity contribution is 14.0. The summed E-state index contributed by atoms with van der Waals surface area (Å²) in [7, 11) is 1.66. The maximum absolute atomic E-state index is 5.99. The summed E-state index contributed by atoms with van der Waals surface area (Å²) in [6, 6.07) is 7.71. The Morgan fingerprint density at radius 3 is 2.68 bits per heavy atom. The summed E-state index contributed by atoms with van der Waals surface area (Å²) in [5.74, 6) is 3.05. The second-order valence-electron chi connectivity index (χ2n) is 7.08. The summed E-state index contributed by atoms with van der Waals surface area (Å²) in [5, 5.41) is 6.84. The molecule has 0 aliphatic carbocycles. The van der Waals surface area contributed by atoms with Crippen molar-refractivity contribution in [1.29, 1.82) is 0 Å². The standard InChI is InChI=1S/C21H36N4O2.HI/c1-5-22-21(24-15-18-10-9-13-25(6-2)16-18)23-14-17(3)27-20-12-8-7-11-19(20)26-4;/h7-8,11-12,17-18H,5-6,9-10,13-16H2,1-4H3,(H2,22,23,24);1H. The number of methoxy groups -OCH3 is 1.